The molecule has 4 heteroatoms. The fourth-order valence-electron chi connectivity index (χ4n) is 2.69. The standard InChI is InChI=1S/C15H22N2OS/c1-3-5-8-17(4-2)14(18)15(10-12(15)11-16)13-7-6-9-19-13/h3,5-7,9,12H,4,8,10-11,16H2,1-2H3/b5-3+/t12-,15-/m0/s1. The second kappa shape index (κ2) is 5.88. The van der Waals surface area contributed by atoms with E-state index in [2.05, 4.69) is 6.07 Å². The summed E-state index contributed by atoms with van der Waals surface area (Å²) < 4.78 is 0. The SMILES string of the molecule is C/C=C/CN(CC)C(=O)[C@@]1(c2cccs2)C[C@H]1CN. The summed E-state index contributed by atoms with van der Waals surface area (Å²) in [5.74, 6) is 0.546. The summed E-state index contributed by atoms with van der Waals surface area (Å²) in [6, 6.07) is 4.09. The van der Waals surface area contributed by atoms with Gasteiger partial charge in [-0.2, -0.15) is 0 Å². The first-order chi connectivity index (χ1) is 9.20. The fourth-order valence-corrected chi connectivity index (χ4v) is 3.69. The third-order valence-corrected chi connectivity index (χ3v) is 5.01. The number of hydrogen-bond acceptors (Lipinski definition) is 3. The van der Waals surface area contributed by atoms with Crippen molar-refractivity contribution in [2.45, 2.75) is 25.7 Å². The molecule has 2 atom stereocenters. The Balaban J connectivity index is 2.23. The number of carbonyl (C=O) groups excluding carboxylic acids is 1. The zero-order valence-electron chi connectivity index (χ0n) is 11.6. The molecule has 1 fully saturated rings. The van der Waals surface area contributed by atoms with Crippen LogP contribution in [0.4, 0.5) is 0 Å². The molecule has 1 saturated carbocycles. The molecule has 0 saturated heterocycles. The molecule has 2 rings (SSSR count). The molecule has 0 aliphatic heterocycles. The molecule has 19 heavy (non-hydrogen) atoms. The summed E-state index contributed by atoms with van der Waals surface area (Å²) in [6.07, 6.45) is 4.92. The molecular formula is C15H22N2OS. The van der Waals surface area contributed by atoms with Gasteiger partial charge in [-0.25, -0.2) is 0 Å². The average Bonchev–Trinajstić information content (AvgIpc) is 2.92. The number of allylic oxidation sites excluding steroid dienone is 1. The van der Waals surface area contributed by atoms with Crippen molar-refractivity contribution in [1.29, 1.82) is 0 Å². The monoisotopic (exact) mass is 278 g/mol. The van der Waals surface area contributed by atoms with Crippen LogP contribution in [0.2, 0.25) is 0 Å². The van der Waals surface area contributed by atoms with Crippen LogP contribution in [0.25, 0.3) is 0 Å². The van der Waals surface area contributed by atoms with E-state index < -0.39 is 0 Å². The largest absolute Gasteiger partial charge is 0.338 e. The second-order valence-electron chi connectivity index (χ2n) is 5.00. The van der Waals surface area contributed by atoms with Gasteiger partial charge in [0.1, 0.15) is 0 Å². The highest BCUT2D eigenvalue weighted by Gasteiger charge is 2.61. The predicted molar refractivity (Wildman–Crippen MR) is 80.2 cm³/mol. The summed E-state index contributed by atoms with van der Waals surface area (Å²) in [4.78, 5) is 16.0. The third kappa shape index (κ3) is 2.47. The van der Waals surface area contributed by atoms with Crippen LogP contribution in [0, 0.1) is 5.92 Å². The van der Waals surface area contributed by atoms with Gasteiger partial charge in [-0.1, -0.05) is 18.2 Å². The van der Waals surface area contributed by atoms with Crippen molar-refractivity contribution in [2.75, 3.05) is 19.6 Å². The lowest BCUT2D eigenvalue weighted by Crippen LogP contribution is -2.40. The zero-order chi connectivity index (χ0) is 13.9. The van der Waals surface area contributed by atoms with Crippen LogP contribution in [-0.4, -0.2) is 30.4 Å². The van der Waals surface area contributed by atoms with E-state index in [-0.39, 0.29) is 11.3 Å². The molecule has 0 bridgehead atoms. The topological polar surface area (TPSA) is 46.3 Å². The molecule has 1 amide bonds. The van der Waals surface area contributed by atoms with E-state index in [1.807, 2.05) is 42.3 Å². The fraction of sp³-hybridized carbons (Fsp3) is 0.533. The maximum Gasteiger partial charge on any atom is 0.234 e. The summed E-state index contributed by atoms with van der Waals surface area (Å²) >= 11 is 1.67. The highest BCUT2D eigenvalue weighted by molar-refractivity contribution is 7.10. The normalized spacial score (nSPS) is 25.7. The summed E-state index contributed by atoms with van der Waals surface area (Å²) in [7, 11) is 0. The maximum absolute atomic E-state index is 12.9. The van der Waals surface area contributed by atoms with E-state index in [9.17, 15) is 4.79 Å². The van der Waals surface area contributed by atoms with Gasteiger partial charge in [-0.3, -0.25) is 4.79 Å². The second-order valence-corrected chi connectivity index (χ2v) is 5.95. The number of nitrogens with two attached hydrogens (primary N) is 1. The summed E-state index contributed by atoms with van der Waals surface area (Å²) in [5.41, 5.74) is 5.48. The van der Waals surface area contributed by atoms with Gasteiger partial charge in [-0.15, -0.1) is 11.3 Å². The molecule has 1 aliphatic rings. The highest BCUT2D eigenvalue weighted by Crippen LogP contribution is 2.56. The van der Waals surface area contributed by atoms with Crippen molar-refractivity contribution in [3.05, 3.63) is 34.5 Å². The van der Waals surface area contributed by atoms with Crippen LogP contribution < -0.4 is 5.73 Å². The number of thiophene rings is 1. The van der Waals surface area contributed by atoms with Crippen LogP contribution in [0.5, 0.6) is 0 Å². The Morgan fingerprint density at radius 2 is 2.47 bits per heavy atom. The molecule has 1 heterocycles. The van der Waals surface area contributed by atoms with E-state index in [1.54, 1.807) is 11.3 Å². The minimum absolute atomic E-state index is 0.242. The van der Waals surface area contributed by atoms with Gasteiger partial charge in [-0.05, 0) is 44.2 Å². The van der Waals surface area contributed by atoms with E-state index in [1.165, 1.54) is 4.88 Å². The number of carbonyl (C=O) groups is 1. The van der Waals surface area contributed by atoms with Gasteiger partial charge in [0.25, 0.3) is 0 Å². The first-order valence-electron chi connectivity index (χ1n) is 6.85. The molecule has 0 unspecified atom stereocenters. The number of hydrogen-bond donors (Lipinski definition) is 1. The Morgan fingerprint density at radius 3 is 2.95 bits per heavy atom. The van der Waals surface area contributed by atoms with E-state index >= 15 is 0 Å². The van der Waals surface area contributed by atoms with Crippen molar-refractivity contribution in [3.8, 4) is 0 Å². The van der Waals surface area contributed by atoms with Crippen molar-refractivity contribution >= 4 is 17.2 Å². The lowest BCUT2D eigenvalue weighted by molar-refractivity contribution is -0.133. The van der Waals surface area contributed by atoms with Crippen molar-refractivity contribution in [2.24, 2.45) is 11.7 Å². The summed E-state index contributed by atoms with van der Waals surface area (Å²) in [5, 5.41) is 2.04. The number of rotatable bonds is 6. The molecule has 1 aromatic rings. The lowest BCUT2D eigenvalue weighted by Gasteiger charge is -2.25. The molecule has 2 N–H and O–H groups in total. The average molecular weight is 278 g/mol. The van der Waals surface area contributed by atoms with Crippen molar-refractivity contribution in [3.63, 3.8) is 0 Å². The molecule has 1 aromatic heterocycles. The molecule has 1 aliphatic carbocycles. The molecule has 0 aromatic carbocycles. The Kier molecular flexibility index (Phi) is 4.42. The number of amides is 1. The Bertz CT molecular complexity index is 455. The third-order valence-electron chi connectivity index (χ3n) is 3.96. The minimum Gasteiger partial charge on any atom is -0.338 e. The molecule has 104 valence electrons. The minimum atomic E-state index is -0.333. The van der Waals surface area contributed by atoms with E-state index in [0.29, 0.717) is 19.0 Å². The van der Waals surface area contributed by atoms with Crippen LogP contribution >= 0.6 is 11.3 Å². The van der Waals surface area contributed by atoms with Crippen molar-refractivity contribution < 1.29 is 4.79 Å². The van der Waals surface area contributed by atoms with Crippen molar-refractivity contribution in [1.82, 2.24) is 4.90 Å². The summed E-state index contributed by atoms with van der Waals surface area (Å²) in [6.45, 7) is 6.03. The van der Waals surface area contributed by atoms with Gasteiger partial charge in [0.15, 0.2) is 0 Å². The maximum atomic E-state index is 12.9. The lowest BCUT2D eigenvalue weighted by atomic mass is 9.99. The van der Waals surface area contributed by atoms with Crippen LogP contribution in [0.1, 0.15) is 25.1 Å². The molecular weight excluding hydrogens is 256 g/mol. The van der Waals surface area contributed by atoms with Crippen LogP contribution in [-0.2, 0) is 10.2 Å². The molecule has 3 nitrogen and oxygen atoms in total. The Hall–Kier alpha value is -1.13. The van der Waals surface area contributed by atoms with Gasteiger partial charge in [0.05, 0.1) is 5.41 Å². The van der Waals surface area contributed by atoms with E-state index in [4.69, 9.17) is 5.73 Å². The Morgan fingerprint density at radius 1 is 1.68 bits per heavy atom. The first kappa shape index (κ1) is 14.3. The Labute approximate surface area is 119 Å². The van der Waals surface area contributed by atoms with Crippen LogP contribution in [0.15, 0.2) is 29.7 Å². The quantitative estimate of drug-likeness (QED) is 0.812. The zero-order valence-corrected chi connectivity index (χ0v) is 12.5. The van der Waals surface area contributed by atoms with Gasteiger partial charge < -0.3 is 10.6 Å². The van der Waals surface area contributed by atoms with Gasteiger partial charge in [0.2, 0.25) is 5.91 Å². The smallest absolute Gasteiger partial charge is 0.234 e. The first-order valence-corrected chi connectivity index (χ1v) is 7.73. The van der Waals surface area contributed by atoms with Crippen LogP contribution in [0.3, 0.4) is 0 Å². The highest BCUT2D eigenvalue weighted by atomic mass is 32.1. The van der Waals surface area contributed by atoms with E-state index in [0.717, 1.165) is 13.0 Å². The predicted octanol–water partition coefficient (Wildman–Crippen LogP) is 2.39. The van der Waals surface area contributed by atoms with Gasteiger partial charge in [0, 0.05) is 18.0 Å². The number of likely N-dealkylation sites (N-methyl/N-ethyl adjacent to an activating group) is 1. The number of nitrogens with zero attached hydrogens (tertiary/aromatic N) is 1. The van der Waals surface area contributed by atoms with Gasteiger partial charge >= 0.3 is 0 Å². The molecule has 0 radical (unpaired) electrons. The molecule has 0 spiro atoms.